The molecule has 0 aliphatic rings. The second-order valence-electron chi connectivity index (χ2n) is 6.08. The first kappa shape index (κ1) is 17.8. The van der Waals surface area contributed by atoms with Crippen LogP contribution >= 0.6 is 0 Å². The van der Waals surface area contributed by atoms with Gasteiger partial charge in [0.05, 0.1) is 19.4 Å². The molecule has 3 aromatic rings. The molecule has 134 valence electrons. The molecule has 1 aromatic heterocycles. The average Bonchev–Trinajstić information content (AvgIpc) is 3.19. The molecule has 0 radical (unpaired) electrons. The first-order valence-corrected chi connectivity index (χ1v) is 8.83. The lowest BCUT2D eigenvalue weighted by molar-refractivity contribution is -0.133. The number of rotatable bonds is 9. The van der Waals surface area contributed by atoms with Gasteiger partial charge in [0.2, 0.25) is 5.91 Å². The standard InChI is InChI=1S/C22H23NO3/c24-22(14-8-16-25-20-11-5-2-6-12-20)23(18-21-13-7-15-26-21)17-19-9-3-1-4-10-19/h1-7,9-13,15H,8,14,16-18H2. The summed E-state index contributed by atoms with van der Waals surface area (Å²) < 4.78 is 11.1. The van der Waals surface area contributed by atoms with E-state index >= 15 is 0 Å². The highest BCUT2D eigenvalue weighted by atomic mass is 16.5. The lowest BCUT2D eigenvalue weighted by atomic mass is 10.2. The third-order valence-electron chi connectivity index (χ3n) is 4.04. The second kappa shape index (κ2) is 9.47. The zero-order valence-electron chi connectivity index (χ0n) is 14.7. The number of ether oxygens (including phenoxy) is 1. The molecule has 0 unspecified atom stereocenters. The van der Waals surface area contributed by atoms with Crippen molar-refractivity contribution < 1.29 is 13.9 Å². The molecular weight excluding hydrogens is 326 g/mol. The van der Waals surface area contributed by atoms with Crippen LogP contribution in [0.1, 0.15) is 24.2 Å². The number of benzene rings is 2. The van der Waals surface area contributed by atoms with Crippen LogP contribution in [0.5, 0.6) is 5.75 Å². The predicted molar refractivity (Wildman–Crippen MR) is 101 cm³/mol. The zero-order chi connectivity index (χ0) is 18.0. The summed E-state index contributed by atoms with van der Waals surface area (Å²) in [6.07, 6.45) is 2.76. The summed E-state index contributed by atoms with van der Waals surface area (Å²) in [4.78, 5) is 14.5. The topological polar surface area (TPSA) is 42.7 Å². The van der Waals surface area contributed by atoms with Gasteiger partial charge in [-0.15, -0.1) is 0 Å². The van der Waals surface area contributed by atoms with Crippen LogP contribution in [0.3, 0.4) is 0 Å². The van der Waals surface area contributed by atoms with Crippen LogP contribution in [0.4, 0.5) is 0 Å². The van der Waals surface area contributed by atoms with E-state index in [4.69, 9.17) is 9.15 Å². The van der Waals surface area contributed by atoms with E-state index in [0.717, 1.165) is 17.1 Å². The van der Waals surface area contributed by atoms with Gasteiger partial charge in [-0.1, -0.05) is 48.5 Å². The molecule has 26 heavy (non-hydrogen) atoms. The van der Waals surface area contributed by atoms with E-state index in [-0.39, 0.29) is 5.91 Å². The number of furan rings is 1. The lowest BCUT2D eigenvalue weighted by Crippen LogP contribution is -2.30. The van der Waals surface area contributed by atoms with Crippen molar-refractivity contribution in [3.63, 3.8) is 0 Å². The van der Waals surface area contributed by atoms with Crippen molar-refractivity contribution in [2.45, 2.75) is 25.9 Å². The molecule has 0 fully saturated rings. The van der Waals surface area contributed by atoms with Crippen molar-refractivity contribution in [1.29, 1.82) is 0 Å². The maximum absolute atomic E-state index is 12.7. The summed E-state index contributed by atoms with van der Waals surface area (Å²) in [6, 6.07) is 23.4. The van der Waals surface area contributed by atoms with E-state index in [1.54, 1.807) is 6.26 Å². The smallest absolute Gasteiger partial charge is 0.223 e. The fraction of sp³-hybridized carbons (Fsp3) is 0.227. The highest BCUT2D eigenvalue weighted by molar-refractivity contribution is 5.76. The van der Waals surface area contributed by atoms with Crippen molar-refractivity contribution in [3.05, 3.63) is 90.4 Å². The fourth-order valence-corrected chi connectivity index (χ4v) is 2.71. The van der Waals surface area contributed by atoms with Crippen LogP contribution in [0.2, 0.25) is 0 Å². The lowest BCUT2D eigenvalue weighted by Gasteiger charge is -2.22. The molecule has 0 bridgehead atoms. The monoisotopic (exact) mass is 349 g/mol. The van der Waals surface area contributed by atoms with E-state index in [0.29, 0.717) is 32.5 Å². The third-order valence-corrected chi connectivity index (χ3v) is 4.04. The van der Waals surface area contributed by atoms with E-state index in [1.807, 2.05) is 77.7 Å². The molecule has 1 amide bonds. The minimum absolute atomic E-state index is 0.0990. The van der Waals surface area contributed by atoms with E-state index in [1.165, 1.54) is 0 Å². The number of carbonyl (C=O) groups is 1. The van der Waals surface area contributed by atoms with Gasteiger partial charge in [-0.2, -0.15) is 0 Å². The van der Waals surface area contributed by atoms with Gasteiger partial charge < -0.3 is 14.1 Å². The van der Waals surface area contributed by atoms with Gasteiger partial charge in [-0.25, -0.2) is 0 Å². The maximum atomic E-state index is 12.7. The highest BCUT2D eigenvalue weighted by Crippen LogP contribution is 2.14. The van der Waals surface area contributed by atoms with E-state index in [9.17, 15) is 4.79 Å². The van der Waals surface area contributed by atoms with E-state index < -0.39 is 0 Å². The van der Waals surface area contributed by atoms with Crippen LogP contribution < -0.4 is 4.74 Å². The Balaban J connectivity index is 1.53. The Morgan fingerprint density at radius 1 is 0.885 bits per heavy atom. The summed E-state index contributed by atoms with van der Waals surface area (Å²) in [5, 5.41) is 0. The van der Waals surface area contributed by atoms with Crippen LogP contribution in [-0.2, 0) is 17.9 Å². The molecule has 0 saturated carbocycles. The minimum Gasteiger partial charge on any atom is -0.494 e. The van der Waals surface area contributed by atoms with Crippen molar-refractivity contribution >= 4 is 5.91 Å². The Bertz CT molecular complexity index is 770. The first-order valence-electron chi connectivity index (χ1n) is 8.83. The molecule has 0 aliphatic carbocycles. The molecule has 2 aromatic carbocycles. The minimum atomic E-state index is 0.0990. The molecule has 0 aliphatic heterocycles. The molecule has 1 heterocycles. The maximum Gasteiger partial charge on any atom is 0.223 e. The number of hydrogen-bond acceptors (Lipinski definition) is 3. The van der Waals surface area contributed by atoms with Crippen molar-refractivity contribution in [2.24, 2.45) is 0 Å². The van der Waals surface area contributed by atoms with Gasteiger partial charge in [0.25, 0.3) is 0 Å². The fourth-order valence-electron chi connectivity index (χ4n) is 2.71. The summed E-state index contributed by atoms with van der Waals surface area (Å²) in [5.74, 6) is 1.72. The molecule has 3 rings (SSSR count). The number of para-hydroxylation sites is 1. The van der Waals surface area contributed by atoms with Crippen LogP contribution in [0.25, 0.3) is 0 Å². The van der Waals surface area contributed by atoms with Crippen molar-refractivity contribution in [3.8, 4) is 5.75 Å². The number of carbonyl (C=O) groups excluding carboxylic acids is 1. The summed E-state index contributed by atoms with van der Waals surface area (Å²) in [6.45, 7) is 1.57. The average molecular weight is 349 g/mol. The van der Waals surface area contributed by atoms with Crippen LogP contribution in [0, 0.1) is 0 Å². The number of hydrogen-bond donors (Lipinski definition) is 0. The van der Waals surface area contributed by atoms with Gasteiger partial charge in [0.1, 0.15) is 11.5 Å². The first-order chi connectivity index (χ1) is 12.8. The van der Waals surface area contributed by atoms with E-state index in [2.05, 4.69) is 0 Å². The highest BCUT2D eigenvalue weighted by Gasteiger charge is 2.15. The Labute approximate surface area is 154 Å². The molecular formula is C22H23NO3. The predicted octanol–water partition coefficient (Wildman–Crippen LogP) is 4.67. The second-order valence-corrected chi connectivity index (χ2v) is 6.08. The van der Waals surface area contributed by atoms with Gasteiger partial charge >= 0.3 is 0 Å². The quantitative estimate of drug-likeness (QED) is 0.527. The molecule has 0 saturated heterocycles. The van der Waals surface area contributed by atoms with Crippen LogP contribution in [-0.4, -0.2) is 17.4 Å². The summed E-state index contributed by atoms with van der Waals surface area (Å²) in [5.41, 5.74) is 1.10. The molecule has 0 N–H and O–H groups in total. The Kier molecular flexibility index (Phi) is 6.48. The summed E-state index contributed by atoms with van der Waals surface area (Å²) in [7, 11) is 0. The number of nitrogens with zero attached hydrogens (tertiary/aromatic N) is 1. The van der Waals surface area contributed by atoms with Crippen LogP contribution in [0.15, 0.2) is 83.5 Å². The molecule has 4 heteroatoms. The zero-order valence-corrected chi connectivity index (χ0v) is 14.7. The largest absolute Gasteiger partial charge is 0.494 e. The van der Waals surface area contributed by atoms with Crippen molar-refractivity contribution in [1.82, 2.24) is 4.90 Å². The summed E-state index contributed by atoms with van der Waals surface area (Å²) >= 11 is 0. The Morgan fingerprint density at radius 3 is 2.31 bits per heavy atom. The van der Waals surface area contributed by atoms with Crippen molar-refractivity contribution in [2.75, 3.05) is 6.61 Å². The Hall–Kier alpha value is -3.01. The van der Waals surface area contributed by atoms with Gasteiger partial charge in [0, 0.05) is 13.0 Å². The SMILES string of the molecule is O=C(CCCOc1ccccc1)N(Cc1ccccc1)Cc1ccco1. The number of amides is 1. The van der Waals surface area contributed by atoms with Gasteiger partial charge in [-0.3, -0.25) is 4.79 Å². The van der Waals surface area contributed by atoms with Gasteiger partial charge in [-0.05, 0) is 36.2 Å². The van der Waals surface area contributed by atoms with Gasteiger partial charge in [0.15, 0.2) is 0 Å². The third kappa shape index (κ3) is 5.52. The molecule has 0 spiro atoms. The molecule has 4 nitrogen and oxygen atoms in total. The normalized spacial score (nSPS) is 10.5. The molecule has 0 atom stereocenters. The Morgan fingerprint density at radius 2 is 1.62 bits per heavy atom.